The summed E-state index contributed by atoms with van der Waals surface area (Å²) in [7, 11) is 0. The van der Waals surface area contributed by atoms with Crippen molar-refractivity contribution < 1.29 is 4.92 Å². The van der Waals surface area contributed by atoms with Gasteiger partial charge in [0, 0.05) is 17.7 Å². The third-order valence-electron chi connectivity index (χ3n) is 5.77. The number of nitrogens with zero attached hydrogens (tertiary/aromatic N) is 1. The van der Waals surface area contributed by atoms with E-state index in [2.05, 4.69) is 0 Å². The van der Waals surface area contributed by atoms with E-state index >= 15 is 0 Å². The molecule has 4 aliphatic rings. The van der Waals surface area contributed by atoms with Crippen LogP contribution in [-0.2, 0) is 5.41 Å². The van der Waals surface area contributed by atoms with Gasteiger partial charge in [0.25, 0.3) is 5.69 Å². The summed E-state index contributed by atoms with van der Waals surface area (Å²) in [6, 6.07) is 7.19. The Labute approximate surface area is 112 Å². The van der Waals surface area contributed by atoms with Crippen molar-refractivity contribution in [1.29, 1.82) is 0 Å². The zero-order valence-electron chi connectivity index (χ0n) is 10.8. The van der Waals surface area contributed by atoms with Crippen LogP contribution in [0.3, 0.4) is 0 Å². The van der Waals surface area contributed by atoms with Crippen LogP contribution in [0.2, 0.25) is 0 Å². The van der Waals surface area contributed by atoms with Gasteiger partial charge in [0.15, 0.2) is 0 Å². The second-order valence-corrected chi connectivity index (χ2v) is 6.91. The molecule has 19 heavy (non-hydrogen) atoms. The average Bonchev–Trinajstić information content (AvgIpc) is 2.71. The van der Waals surface area contributed by atoms with E-state index in [0.717, 1.165) is 12.3 Å². The Balaban J connectivity index is 1.71. The number of hydrogen-bond acceptors (Lipinski definition) is 3. The number of nitrogens with two attached hydrogens (primary N) is 1. The van der Waals surface area contributed by atoms with Gasteiger partial charge in [0.05, 0.1) is 4.92 Å². The molecule has 5 rings (SSSR count). The molecule has 0 amide bonds. The zero-order valence-corrected chi connectivity index (χ0v) is 10.8. The number of benzene rings is 1. The summed E-state index contributed by atoms with van der Waals surface area (Å²) in [5.74, 6) is 1.44. The maximum absolute atomic E-state index is 10.7. The van der Waals surface area contributed by atoms with E-state index in [1.807, 2.05) is 12.1 Å². The lowest BCUT2D eigenvalue weighted by Gasteiger charge is -2.40. The minimum absolute atomic E-state index is 0.0463. The summed E-state index contributed by atoms with van der Waals surface area (Å²) in [6.07, 6.45) is 5.95. The summed E-state index contributed by atoms with van der Waals surface area (Å²) in [5.41, 5.74) is 8.27. The number of non-ortho nitro benzene ring substituents is 1. The van der Waals surface area contributed by atoms with Gasteiger partial charge >= 0.3 is 0 Å². The first kappa shape index (κ1) is 11.4. The molecule has 4 saturated carbocycles. The second kappa shape index (κ2) is 3.37. The van der Waals surface area contributed by atoms with Gasteiger partial charge in [0.1, 0.15) is 0 Å². The van der Waals surface area contributed by atoms with Crippen LogP contribution in [0.1, 0.15) is 37.7 Å². The predicted octanol–water partition coefficient (Wildman–Crippen LogP) is 2.75. The molecule has 0 radical (unpaired) electrons. The van der Waals surface area contributed by atoms with Gasteiger partial charge in [-0.3, -0.25) is 10.1 Å². The lowest BCUT2D eigenvalue weighted by molar-refractivity contribution is -0.384. The molecule has 4 atom stereocenters. The van der Waals surface area contributed by atoms with Crippen molar-refractivity contribution in [1.82, 2.24) is 0 Å². The first-order valence-electron chi connectivity index (χ1n) is 7.05. The van der Waals surface area contributed by atoms with Crippen molar-refractivity contribution in [3.05, 3.63) is 39.9 Å². The topological polar surface area (TPSA) is 69.2 Å². The van der Waals surface area contributed by atoms with Crippen LogP contribution >= 0.6 is 0 Å². The fourth-order valence-electron chi connectivity index (χ4n) is 5.24. The van der Waals surface area contributed by atoms with Gasteiger partial charge in [-0.1, -0.05) is 12.1 Å². The molecular weight excluding hydrogens is 240 g/mol. The highest BCUT2D eigenvalue weighted by atomic mass is 16.6. The van der Waals surface area contributed by atoms with E-state index in [1.165, 1.54) is 31.2 Å². The Morgan fingerprint density at radius 3 is 2.53 bits per heavy atom. The molecule has 0 aliphatic heterocycles. The Morgan fingerprint density at radius 1 is 1.21 bits per heavy atom. The van der Waals surface area contributed by atoms with Crippen molar-refractivity contribution in [3.63, 3.8) is 0 Å². The third-order valence-corrected chi connectivity index (χ3v) is 5.77. The van der Waals surface area contributed by atoms with Gasteiger partial charge in [0.2, 0.25) is 0 Å². The van der Waals surface area contributed by atoms with E-state index in [9.17, 15) is 10.1 Å². The first-order valence-corrected chi connectivity index (χ1v) is 7.05. The standard InChI is InChI=1S/C15H18N2O2/c16-15-7-10-5-12(15)8-14(6-10,9-15)11-1-3-13(4-2-11)17(18)19/h1-4,10,12H,5-9,16H2. The largest absolute Gasteiger partial charge is 0.325 e. The van der Waals surface area contributed by atoms with Gasteiger partial charge < -0.3 is 5.73 Å². The van der Waals surface area contributed by atoms with Crippen molar-refractivity contribution in [3.8, 4) is 0 Å². The highest BCUT2D eigenvalue weighted by Crippen LogP contribution is 2.65. The van der Waals surface area contributed by atoms with Crippen molar-refractivity contribution >= 4 is 5.69 Å². The fraction of sp³-hybridized carbons (Fsp3) is 0.600. The predicted molar refractivity (Wildman–Crippen MR) is 71.8 cm³/mol. The lowest BCUT2D eigenvalue weighted by Crippen LogP contribution is -2.43. The third kappa shape index (κ3) is 1.43. The number of nitro benzene ring substituents is 1. The van der Waals surface area contributed by atoms with Crippen LogP contribution in [-0.4, -0.2) is 10.5 Å². The summed E-state index contributed by atoms with van der Waals surface area (Å²) in [4.78, 5) is 10.4. The van der Waals surface area contributed by atoms with E-state index in [-0.39, 0.29) is 21.6 Å². The van der Waals surface area contributed by atoms with Gasteiger partial charge in [-0.15, -0.1) is 0 Å². The molecule has 100 valence electrons. The highest BCUT2D eigenvalue weighted by molar-refractivity contribution is 5.40. The minimum Gasteiger partial charge on any atom is -0.325 e. The van der Waals surface area contributed by atoms with E-state index < -0.39 is 0 Å². The van der Waals surface area contributed by atoms with E-state index in [1.54, 1.807) is 12.1 Å². The Morgan fingerprint density at radius 2 is 1.95 bits per heavy atom. The molecule has 0 aromatic heterocycles. The molecule has 2 N–H and O–H groups in total. The van der Waals surface area contributed by atoms with Crippen molar-refractivity contribution in [2.45, 2.75) is 43.1 Å². The van der Waals surface area contributed by atoms with Crippen LogP contribution in [0.25, 0.3) is 0 Å². The Hall–Kier alpha value is -1.42. The summed E-state index contributed by atoms with van der Waals surface area (Å²) in [6.45, 7) is 0. The van der Waals surface area contributed by atoms with Crippen LogP contribution in [0.5, 0.6) is 0 Å². The molecule has 1 aromatic carbocycles. The fourth-order valence-corrected chi connectivity index (χ4v) is 5.24. The van der Waals surface area contributed by atoms with Crippen LogP contribution in [0, 0.1) is 22.0 Å². The lowest BCUT2D eigenvalue weighted by atomic mass is 9.65. The maximum atomic E-state index is 10.7. The monoisotopic (exact) mass is 258 g/mol. The number of hydrogen-bond donors (Lipinski definition) is 1. The Kier molecular flexibility index (Phi) is 2.02. The number of rotatable bonds is 2. The summed E-state index contributed by atoms with van der Waals surface area (Å²) < 4.78 is 0. The Bertz CT molecular complexity index is 556. The maximum Gasteiger partial charge on any atom is 0.269 e. The molecule has 0 spiro atoms. The van der Waals surface area contributed by atoms with Crippen molar-refractivity contribution in [2.24, 2.45) is 17.6 Å². The second-order valence-electron chi connectivity index (χ2n) is 6.91. The normalized spacial score (nSPS) is 42.8. The zero-order chi connectivity index (χ0) is 13.3. The SMILES string of the molecule is NC12CC3CC1CC(c1ccc([N+](=O)[O-])cc1)(C3)C2. The van der Waals surface area contributed by atoms with Gasteiger partial charge in [-0.2, -0.15) is 0 Å². The van der Waals surface area contributed by atoms with Gasteiger partial charge in [-0.05, 0) is 54.9 Å². The van der Waals surface area contributed by atoms with Gasteiger partial charge in [-0.25, -0.2) is 0 Å². The molecule has 4 heteroatoms. The molecule has 0 heterocycles. The average molecular weight is 258 g/mol. The molecular formula is C15H18N2O2. The quantitative estimate of drug-likeness (QED) is 0.655. The van der Waals surface area contributed by atoms with Crippen LogP contribution < -0.4 is 5.73 Å². The molecule has 4 aliphatic carbocycles. The van der Waals surface area contributed by atoms with E-state index in [0.29, 0.717) is 5.92 Å². The first-order chi connectivity index (χ1) is 9.01. The smallest absolute Gasteiger partial charge is 0.269 e. The van der Waals surface area contributed by atoms with Crippen LogP contribution in [0.15, 0.2) is 24.3 Å². The molecule has 4 bridgehead atoms. The molecule has 4 unspecified atom stereocenters. The summed E-state index contributed by atoms with van der Waals surface area (Å²) >= 11 is 0. The van der Waals surface area contributed by atoms with Crippen molar-refractivity contribution in [2.75, 3.05) is 0 Å². The number of nitro groups is 1. The highest BCUT2D eigenvalue weighted by Gasteiger charge is 2.62. The molecule has 1 aromatic rings. The van der Waals surface area contributed by atoms with Crippen LogP contribution in [0.4, 0.5) is 5.69 Å². The molecule has 0 saturated heterocycles. The molecule has 4 fully saturated rings. The van der Waals surface area contributed by atoms with E-state index in [4.69, 9.17) is 5.73 Å². The summed E-state index contributed by atoms with van der Waals surface area (Å²) in [5, 5.41) is 10.7. The molecule has 4 nitrogen and oxygen atoms in total. The minimum atomic E-state index is -0.332.